The van der Waals surface area contributed by atoms with Crippen molar-refractivity contribution in [2.45, 2.75) is 70.6 Å². The number of hydrogen-bond acceptors (Lipinski definition) is 3. The van der Waals surface area contributed by atoms with Gasteiger partial charge < -0.3 is 9.53 Å². The first-order valence-corrected chi connectivity index (χ1v) is 12.7. The molecule has 1 N–H and O–H groups in total. The zero-order valence-corrected chi connectivity index (χ0v) is 19.1. The van der Waals surface area contributed by atoms with Crippen molar-refractivity contribution in [3.63, 3.8) is 0 Å². The van der Waals surface area contributed by atoms with Crippen LogP contribution in [0.25, 0.3) is 0 Å². The van der Waals surface area contributed by atoms with Crippen LogP contribution in [0.4, 0.5) is 0 Å². The Balaban J connectivity index is 2.02. The molecule has 1 aliphatic carbocycles. The zero-order chi connectivity index (χ0) is 21.1. The minimum Gasteiger partial charge on any atom is -0.402 e. The lowest BCUT2D eigenvalue weighted by Crippen LogP contribution is -2.68. The Hall–Kier alpha value is -1.75. The predicted molar refractivity (Wildman–Crippen MR) is 121 cm³/mol. The van der Waals surface area contributed by atoms with Gasteiger partial charge in [0, 0.05) is 12.3 Å². The molecule has 0 radical (unpaired) electrons. The molecule has 0 heterocycles. The summed E-state index contributed by atoms with van der Waals surface area (Å²) in [5, 5.41) is 13.3. The standard InChI is InChI=1S/C25H34O3Si/c1-5-22(26)19-16-17-24(23(27)18-19)28-29(25(2,3)4,20-12-8-6-9-13-20)21-14-10-7-11-15-21/h6-15,19,23-24,27H,5,16-18H2,1-4H3/t19-,23-,24-/m1/s1. The van der Waals surface area contributed by atoms with Crippen LogP contribution in [0, 0.1) is 5.92 Å². The molecule has 2 aromatic rings. The summed E-state index contributed by atoms with van der Waals surface area (Å²) in [7, 11) is -2.68. The van der Waals surface area contributed by atoms with Crippen molar-refractivity contribution in [2.75, 3.05) is 0 Å². The summed E-state index contributed by atoms with van der Waals surface area (Å²) in [5.41, 5.74) is 0. The molecule has 4 heteroatoms. The van der Waals surface area contributed by atoms with Crippen molar-refractivity contribution in [1.29, 1.82) is 0 Å². The number of rotatable bonds is 6. The van der Waals surface area contributed by atoms with Crippen LogP contribution in [0.15, 0.2) is 60.7 Å². The Kier molecular flexibility index (Phi) is 6.77. The van der Waals surface area contributed by atoms with Crippen molar-refractivity contribution < 1.29 is 14.3 Å². The quantitative estimate of drug-likeness (QED) is 0.730. The molecule has 1 fully saturated rings. The van der Waals surface area contributed by atoms with Gasteiger partial charge in [0.05, 0.1) is 12.2 Å². The molecule has 29 heavy (non-hydrogen) atoms. The van der Waals surface area contributed by atoms with Crippen LogP contribution in [0.3, 0.4) is 0 Å². The second kappa shape index (κ2) is 8.95. The average molecular weight is 411 g/mol. The third kappa shape index (κ3) is 4.40. The van der Waals surface area contributed by atoms with Gasteiger partial charge in [-0.2, -0.15) is 0 Å². The van der Waals surface area contributed by atoms with E-state index in [1.165, 1.54) is 10.4 Å². The topological polar surface area (TPSA) is 46.5 Å². The summed E-state index contributed by atoms with van der Waals surface area (Å²) in [5.74, 6) is 0.224. The van der Waals surface area contributed by atoms with Crippen LogP contribution in [-0.2, 0) is 9.22 Å². The van der Waals surface area contributed by atoms with Crippen molar-refractivity contribution >= 4 is 24.5 Å². The number of carbonyl (C=O) groups excluding carboxylic acids is 1. The Morgan fingerprint density at radius 1 is 1.00 bits per heavy atom. The van der Waals surface area contributed by atoms with Gasteiger partial charge in [-0.05, 0) is 34.7 Å². The third-order valence-electron chi connectivity index (χ3n) is 6.30. The van der Waals surface area contributed by atoms with Gasteiger partial charge in [-0.15, -0.1) is 0 Å². The van der Waals surface area contributed by atoms with Gasteiger partial charge in [-0.3, -0.25) is 4.79 Å². The van der Waals surface area contributed by atoms with E-state index in [1.807, 2.05) is 19.1 Å². The van der Waals surface area contributed by atoms with Crippen molar-refractivity contribution in [3.8, 4) is 0 Å². The molecule has 0 bridgehead atoms. The molecule has 0 aromatic heterocycles. The van der Waals surface area contributed by atoms with E-state index in [2.05, 4.69) is 69.3 Å². The third-order valence-corrected chi connectivity index (χ3v) is 11.4. The van der Waals surface area contributed by atoms with Crippen molar-refractivity contribution in [3.05, 3.63) is 60.7 Å². The summed E-state index contributed by atoms with van der Waals surface area (Å²) >= 11 is 0. The monoisotopic (exact) mass is 410 g/mol. The van der Waals surface area contributed by atoms with Gasteiger partial charge in [0.15, 0.2) is 0 Å². The van der Waals surface area contributed by atoms with E-state index in [0.29, 0.717) is 12.8 Å². The number of Topliss-reactive ketones (excluding diaryl/α,β-unsaturated/α-hetero) is 1. The van der Waals surface area contributed by atoms with Crippen molar-refractivity contribution in [2.24, 2.45) is 5.92 Å². The molecule has 0 spiro atoms. The van der Waals surface area contributed by atoms with Crippen LogP contribution in [0.1, 0.15) is 53.4 Å². The average Bonchev–Trinajstić information content (AvgIpc) is 2.72. The molecule has 3 atom stereocenters. The molecule has 3 rings (SSSR count). The van der Waals surface area contributed by atoms with E-state index in [9.17, 15) is 9.90 Å². The second-order valence-electron chi connectivity index (χ2n) is 9.22. The summed E-state index contributed by atoms with van der Waals surface area (Å²) in [6.45, 7) is 8.65. The van der Waals surface area contributed by atoms with Gasteiger partial charge >= 0.3 is 0 Å². The maximum absolute atomic E-state index is 12.2. The second-order valence-corrected chi connectivity index (χ2v) is 13.5. The summed E-state index contributed by atoms with van der Waals surface area (Å²) in [6.07, 6.45) is 1.72. The number of hydrogen-bond donors (Lipinski definition) is 1. The van der Waals surface area contributed by atoms with Crippen LogP contribution in [0.2, 0.25) is 5.04 Å². The minimum atomic E-state index is -2.68. The van der Waals surface area contributed by atoms with Crippen LogP contribution in [0.5, 0.6) is 0 Å². The van der Waals surface area contributed by atoms with E-state index in [-0.39, 0.29) is 22.8 Å². The maximum atomic E-state index is 12.2. The first-order valence-electron chi connectivity index (χ1n) is 10.8. The van der Waals surface area contributed by atoms with E-state index in [1.54, 1.807) is 0 Å². The molecule has 156 valence electrons. The SMILES string of the molecule is CCC(=O)[C@@H]1CC[C@@H](O[Si](c2ccccc2)(c2ccccc2)C(C)(C)C)[C@H](O)C1. The highest BCUT2D eigenvalue weighted by Crippen LogP contribution is 2.40. The summed E-state index contributed by atoms with van der Waals surface area (Å²) < 4.78 is 7.07. The molecule has 0 aliphatic heterocycles. The lowest BCUT2D eigenvalue weighted by atomic mass is 9.82. The van der Waals surface area contributed by atoms with Crippen LogP contribution < -0.4 is 10.4 Å². The number of ketones is 1. The molecule has 3 nitrogen and oxygen atoms in total. The molecular formula is C25H34O3Si. The van der Waals surface area contributed by atoms with Gasteiger partial charge in [0.2, 0.25) is 0 Å². The first-order chi connectivity index (χ1) is 13.8. The largest absolute Gasteiger partial charge is 0.402 e. The normalized spacial score (nSPS) is 23.0. The maximum Gasteiger partial charge on any atom is 0.261 e. The van der Waals surface area contributed by atoms with Gasteiger partial charge in [-0.1, -0.05) is 88.4 Å². The predicted octanol–water partition coefficient (Wildman–Crippen LogP) is 4.07. The Labute approximate surface area is 176 Å². The molecule has 1 aliphatic rings. The van der Waals surface area contributed by atoms with E-state index in [0.717, 1.165) is 12.8 Å². The number of benzene rings is 2. The van der Waals surface area contributed by atoms with Crippen LogP contribution >= 0.6 is 0 Å². The van der Waals surface area contributed by atoms with Gasteiger partial charge in [0.1, 0.15) is 5.78 Å². The number of carbonyl (C=O) groups is 1. The first kappa shape index (κ1) is 21.9. The molecule has 0 saturated heterocycles. The summed E-state index contributed by atoms with van der Waals surface area (Å²) in [6, 6.07) is 21.0. The van der Waals surface area contributed by atoms with E-state index in [4.69, 9.17) is 4.43 Å². The number of aliphatic hydroxyl groups excluding tert-OH is 1. The lowest BCUT2D eigenvalue weighted by molar-refractivity contribution is -0.126. The fourth-order valence-electron chi connectivity index (χ4n) is 4.76. The van der Waals surface area contributed by atoms with Gasteiger partial charge in [-0.25, -0.2) is 0 Å². The highest BCUT2D eigenvalue weighted by atomic mass is 28.4. The van der Waals surface area contributed by atoms with E-state index < -0.39 is 14.4 Å². The Morgan fingerprint density at radius 3 is 1.93 bits per heavy atom. The van der Waals surface area contributed by atoms with Crippen LogP contribution in [-0.4, -0.2) is 31.4 Å². The smallest absolute Gasteiger partial charge is 0.261 e. The Morgan fingerprint density at radius 2 is 1.52 bits per heavy atom. The minimum absolute atomic E-state index is 0.0333. The Bertz CT molecular complexity index is 758. The lowest BCUT2D eigenvalue weighted by Gasteiger charge is -2.47. The summed E-state index contributed by atoms with van der Waals surface area (Å²) in [4.78, 5) is 12.2. The molecule has 1 saturated carbocycles. The molecule has 0 amide bonds. The highest BCUT2D eigenvalue weighted by Gasteiger charge is 2.52. The molecule has 0 unspecified atom stereocenters. The fraction of sp³-hybridized carbons (Fsp3) is 0.480. The fourth-order valence-corrected chi connectivity index (χ4v) is 9.50. The van der Waals surface area contributed by atoms with E-state index >= 15 is 0 Å². The van der Waals surface area contributed by atoms with Crippen molar-refractivity contribution in [1.82, 2.24) is 0 Å². The zero-order valence-electron chi connectivity index (χ0n) is 18.1. The molecule has 2 aromatic carbocycles. The molecular weight excluding hydrogens is 376 g/mol. The van der Waals surface area contributed by atoms with Gasteiger partial charge in [0.25, 0.3) is 8.32 Å². The highest BCUT2D eigenvalue weighted by molar-refractivity contribution is 6.99. The number of aliphatic hydroxyl groups is 1.